The van der Waals surface area contributed by atoms with Gasteiger partial charge in [0.2, 0.25) is 0 Å². The average Bonchev–Trinajstić information content (AvgIpc) is 2.06. The molecule has 0 aromatic rings. The van der Waals surface area contributed by atoms with Gasteiger partial charge in [-0.25, -0.2) is 0 Å². The summed E-state index contributed by atoms with van der Waals surface area (Å²) in [7, 11) is 0. The zero-order valence-electron chi connectivity index (χ0n) is 6.21. The predicted molar refractivity (Wildman–Crippen MR) is 41.7 cm³/mol. The third-order valence-corrected chi connectivity index (χ3v) is 1.96. The number of allylic oxidation sites excluding steroid dienone is 4. The lowest BCUT2D eigenvalue weighted by Gasteiger charge is -2.19. The van der Waals surface area contributed by atoms with Crippen LogP contribution in [0.3, 0.4) is 0 Å². The summed E-state index contributed by atoms with van der Waals surface area (Å²) in [5.41, 5.74) is -0.280. The molecular weight excluding hydrogens is 124 g/mol. The van der Waals surface area contributed by atoms with Crippen molar-refractivity contribution in [2.24, 2.45) is 5.41 Å². The van der Waals surface area contributed by atoms with Crippen molar-refractivity contribution in [1.82, 2.24) is 0 Å². The lowest BCUT2D eigenvalue weighted by molar-refractivity contribution is -0.112. The van der Waals surface area contributed by atoms with Gasteiger partial charge in [-0.05, 0) is 12.8 Å². The van der Waals surface area contributed by atoms with Crippen LogP contribution in [-0.4, -0.2) is 6.29 Å². The molecule has 1 nitrogen and oxygen atoms in total. The van der Waals surface area contributed by atoms with Crippen LogP contribution in [-0.2, 0) is 4.79 Å². The highest BCUT2D eigenvalue weighted by Crippen LogP contribution is 2.25. The third kappa shape index (κ3) is 1.18. The molecule has 0 atom stereocenters. The Morgan fingerprint density at radius 2 is 2.10 bits per heavy atom. The first-order valence-electron chi connectivity index (χ1n) is 3.65. The predicted octanol–water partition coefficient (Wildman–Crippen LogP) is 2.10. The molecule has 10 heavy (non-hydrogen) atoms. The Balaban J connectivity index is 2.80. The first-order chi connectivity index (χ1) is 4.83. The van der Waals surface area contributed by atoms with E-state index in [1.54, 1.807) is 0 Å². The molecule has 0 spiro atoms. The maximum Gasteiger partial charge on any atom is 0.133 e. The smallest absolute Gasteiger partial charge is 0.133 e. The van der Waals surface area contributed by atoms with E-state index in [9.17, 15) is 4.79 Å². The van der Waals surface area contributed by atoms with E-state index in [1.807, 2.05) is 31.2 Å². The fraction of sp³-hybridized carbons (Fsp3) is 0.444. The minimum absolute atomic E-state index is 0.280. The van der Waals surface area contributed by atoms with Crippen LogP contribution < -0.4 is 0 Å². The Bertz CT molecular complexity index is 165. The number of rotatable bonds is 2. The summed E-state index contributed by atoms with van der Waals surface area (Å²) >= 11 is 0. The van der Waals surface area contributed by atoms with E-state index in [4.69, 9.17) is 0 Å². The Morgan fingerprint density at radius 3 is 2.40 bits per heavy atom. The summed E-state index contributed by atoms with van der Waals surface area (Å²) in [6.07, 6.45) is 10.9. The first kappa shape index (κ1) is 7.26. The Hall–Kier alpha value is -0.850. The molecule has 54 valence electrons. The molecule has 0 saturated heterocycles. The van der Waals surface area contributed by atoms with Gasteiger partial charge in [0.1, 0.15) is 6.29 Å². The number of aldehydes is 1. The molecule has 0 saturated carbocycles. The highest BCUT2D eigenvalue weighted by molar-refractivity contribution is 5.66. The van der Waals surface area contributed by atoms with Gasteiger partial charge in [-0.3, -0.25) is 0 Å². The van der Waals surface area contributed by atoms with Gasteiger partial charge in [0.25, 0.3) is 0 Å². The molecule has 1 heteroatoms. The molecule has 0 bridgehead atoms. The summed E-state index contributed by atoms with van der Waals surface area (Å²) in [6.45, 7) is 2.02. The topological polar surface area (TPSA) is 17.1 Å². The van der Waals surface area contributed by atoms with Gasteiger partial charge >= 0.3 is 0 Å². The van der Waals surface area contributed by atoms with Crippen LogP contribution in [0.25, 0.3) is 0 Å². The fourth-order valence-corrected chi connectivity index (χ4v) is 1.11. The molecule has 0 aromatic heterocycles. The summed E-state index contributed by atoms with van der Waals surface area (Å²) in [4.78, 5) is 10.6. The molecule has 0 aromatic carbocycles. The monoisotopic (exact) mass is 136 g/mol. The van der Waals surface area contributed by atoms with Crippen molar-refractivity contribution in [2.45, 2.75) is 19.8 Å². The number of hydrogen-bond acceptors (Lipinski definition) is 1. The summed E-state index contributed by atoms with van der Waals surface area (Å²) in [6, 6.07) is 0. The van der Waals surface area contributed by atoms with E-state index in [-0.39, 0.29) is 5.41 Å². The Labute approximate surface area is 61.4 Å². The van der Waals surface area contributed by atoms with Gasteiger partial charge in [0.05, 0.1) is 5.41 Å². The average molecular weight is 136 g/mol. The lowest BCUT2D eigenvalue weighted by atomic mass is 9.83. The summed E-state index contributed by atoms with van der Waals surface area (Å²) in [5.74, 6) is 0. The normalized spacial score (nSPS) is 20.9. The second kappa shape index (κ2) is 2.82. The van der Waals surface area contributed by atoms with Crippen molar-refractivity contribution >= 4 is 6.29 Å². The second-order valence-electron chi connectivity index (χ2n) is 2.62. The van der Waals surface area contributed by atoms with E-state index in [1.165, 1.54) is 0 Å². The van der Waals surface area contributed by atoms with Crippen molar-refractivity contribution in [3.8, 4) is 0 Å². The summed E-state index contributed by atoms with van der Waals surface area (Å²) in [5, 5.41) is 0. The molecule has 0 aliphatic heterocycles. The van der Waals surface area contributed by atoms with Crippen molar-refractivity contribution in [3.63, 3.8) is 0 Å². The molecule has 1 aliphatic carbocycles. The molecule has 0 amide bonds. The molecule has 0 unspecified atom stereocenters. The number of hydrogen-bond donors (Lipinski definition) is 0. The SMILES string of the molecule is CCC1(C=O)C=CCC=C1. The van der Waals surface area contributed by atoms with Crippen molar-refractivity contribution < 1.29 is 4.79 Å². The van der Waals surface area contributed by atoms with Gasteiger partial charge in [-0.2, -0.15) is 0 Å². The highest BCUT2D eigenvalue weighted by Gasteiger charge is 2.21. The second-order valence-corrected chi connectivity index (χ2v) is 2.62. The summed E-state index contributed by atoms with van der Waals surface area (Å²) < 4.78 is 0. The molecule has 1 aliphatic rings. The van der Waals surface area contributed by atoms with Gasteiger partial charge in [-0.1, -0.05) is 31.2 Å². The van der Waals surface area contributed by atoms with Gasteiger partial charge in [-0.15, -0.1) is 0 Å². The molecule has 1 rings (SSSR count). The molecule has 0 N–H and O–H groups in total. The van der Waals surface area contributed by atoms with Crippen LogP contribution >= 0.6 is 0 Å². The number of carbonyl (C=O) groups is 1. The van der Waals surface area contributed by atoms with Crippen molar-refractivity contribution in [1.29, 1.82) is 0 Å². The molecule has 0 heterocycles. The first-order valence-corrected chi connectivity index (χ1v) is 3.65. The van der Waals surface area contributed by atoms with Crippen molar-refractivity contribution in [3.05, 3.63) is 24.3 Å². The third-order valence-electron chi connectivity index (χ3n) is 1.96. The van der Waals surface area contributed by atoms with Gasteiger partial charge < -0.3 is 4.79 Å². The van der Waals surface area contributed by atoms with E-state index < -0.39 is 0 Å². The van der Waals surface area contributed by atoms with Crippen molar-refractivity contribution in [2.75, 3.05) is 0 Å². The highest BCUT2D eigenvalue weighted by atomic mass is 16.1. The fourth-order valence-electron chi connectivity index (χ4n) is 1.11. The van der Waals surface area contributed by atoms with Crippen LogP contribution in [0.1, 0.15) is 19.8 Å². The van der Waals surface area contributed by atoms with Crippen LogP contribution in [0.2, 0.25) is 0 Å². The minimum Gasteiger partial charge on any atom is -0.302 e. The molecule has 0 fully saturated rings. The van der Waals surface area contributed by atoms with Crippen LogP contribution in [0, 0.1) is 5.41 Å². The Morgan fingerprint density at radius 1 is 1.50 bits per heavy atom. The molecular formula is C9H12O. The number of carbonyl (C=O) groups excluding carboxylic acids is 1. The molecule has 0 radical (unpaired) electrons. The Kier molecular flexibility index (Phi) is 2.05. The maximum absolute atomic E-state index is 10.6. The van der Waals surface area contributed by atoms with E-state index >= 15 is 0 Å². The minimum atomic E-state index is -0.280. The zero-order chi connectivity index (χ0) is 7.45. The van der Waals surface area contributed by atoms with Gasteiger partial charge in [0, 0.05) is 0 Å². The van der Waals surface area contributed by atoms with E-state index in [0.29, 0.717) is 0 Å². The largest absolute Gasteiger partial charge is 0.302 e. The standard InChI is InChI=1S/C9H12O/c1-2-9(8-10)6-4-3-5-7-9/h4-8H,2-3H2,1H3. The van der Waals surface area contributed by atoms with Crippen LogP contribution in [0.5, 0.6) is 0 Å². The lowest BCUT2D eigenvalue weighted by Crippen LogP contribution is -2.16. The van der Waals surface area contributed by atoms with Gasteiger partial charge in [0.15, 0.2) is 0 Å². The quantitative estimate of drug-likeness (QED) is 0.419. The van der Waals surface area contributed by atoms with Crippen LogP contribution in [0.4, 0.5) is 0 Å². The zero-order valence-corrected chi connectivity index (χ0v) is 6.21. The maximum atomic E-state index is 10.6. The van der Waals surface area contributed by atoms with Crippen LogP contribution in [0.15, 0.2) is 24.3 Å². The van der Waals surface area contributed by atoms with E-state index in [0.717, 1.165) is 19.1 Å². The van der Waals surface area contributed by atoms with E-state index in [2.05, 4.69) is 0 Å².